The predicted molar refractivity (Wildman–Crippen MR) is 141 cm³/mol. The summed E-state index contributed by atoms with van der Waals surface area (Å²) in [5.41, 5.74) is 2.62. The molecule has 0 aliphatic heterocycles. The van der Waals surface area contributed by atoms with Crippen LogP contribution >= 0.6 is 50.7 Å². The second kappa shape index (κ2) is 12.8. The summed E-state index contributed by atoms with van der Waals surface area (Å²) in [7, 11) is 0. The van der Waals surface area contributed by atoms with Gasteiger partial charge in [0, 0.05) is 6.54 Å². The second-order valence-corrected chi connectivity index (χ2v) is 9.44. The number of carbonyl (C=O) groups excluding carboxylic acids is 1. The fraction of sp³-hybridized carbons (Fsp3) is 0.154. The Morgan fingerprint density at radius 1 is 1.00 bits per heavy atom. The van der Waals surface area contributed by atoms with Gasteiger partial charge in [-0.3, -0.25) is 4.79 Å². The molecule has 0 heterocycles. The summed E-state index contributed by atoms with van der Waals surface area (Å²) >= 11 is 21.9. The summed E-state index contributed by atoms with van der Waals surface area (Å²) in [6, 6.07) is 20.6. The van der Waals surface area contributed by atoms with Crippen molar-refractivity contribution in [2.75, 3.05) is 6.54 Å². The lowest BCUT2D eigenvalue weighted by Gasteiger charge is -2.12. The van der Waals surface area contributed by atoms with Gasteiger partial charge in [-0.15, -0.1) is 0 Å². The number of hydrogen-bond donors (Lipinski definition) is 1. The van der Waals surface area contributed by atoms with Crippen LogP contribution in [0.5, 0.6) is 5.75 Å². The molecule has 174 valence electrons. The van der Waals surface area contributed by atoms with Crippen LogP contribution in [0, 0.1) is 11.3 Å². The largest absolute Gasteiger partial charge is 0.486 e. The van der Waals surface area contributed by atoms with Gasteiger partial charge in [-0.1, -0.05) is 71.2 Å². The molecule has 0 fully saturated rings. The third-order valence-electron chi connectivity index (χ3n) is 4.83. The number of nitrogens with zero attached hydrogens (tertiary/aromatic N) is 1. The van der Waals surface area contributed by atoms with Gasteiger partial charge in [-0.25, -0.2) is 0 Å². The first-order valence-electron chi connectivity index (χ1n) is 10.4. The quantitative estimate of drug-likeness (QED) is 0.161. The Bertz CT molecular complexity index is 1220. The lowest BCUT2D eigenvalue weighted by molar-refractivity contribution is -0.117. The Balaban J connectivity index is 1.62. The molecule has 3 rings (SSSR count). The molecule has 0 aromatic heterocycles. The Hall–Kier alpha value is -2.49. The first kappa shape index (κ1) is 26.1. The van der Waals surface area contributed by atoms with Crippen molar-refractivity contribution in [2.24, 2.45) is 0 Å². The highest BCUT2D eigenvalue weighted by Crippen LogP contribution is 2.36. The first-order chi connectivity index (χ1) is 16.4. The van der Waals surface area contributed by atoms with E-state index in [1.165, 1.54) is 11.6 Å². The van der Waals surface area contributed by atoms with E-state index in [4.69, 9.17) is 39.5 Å². The molecule has 0 unspecified atom stereocenters. The standard InChI is InChI=1S/C26H20BrCl3N2O2/c27-21-12-19(14-24(30)25(21)34-16-18-8-9-22(28)23(29)13-18)11-20(15-31)26(33)32-10-4-7-17-5-2-1-3-6-17/h1-3,5-6,8-9,11-14H,4,7,10,16H2,(H,32,33)/b20-11-. The van der Waals surface area contributed by atoms with Crippen LogP contribution in [0.2, 0.25) is 15.1 Å². The maximum absolute atomic E-state index is 12.4. The minimum atomic E-state index is -0.428. The van der Waals surface area contributed by atoms with Gasteiger partial charge in [-0.2, -0.15) is 5.26 Å². The SMILES string of the molecule is N#C/C(=C/c1cc(Cl)c(OCc2ccc(Cl)c(Cl)c2)c(Br)c1)C(=O)NCCCc1ccccc1. The van der Waals surface area contributed by atoms with Crippen molar-refractivity contribution in [3.63, 3.8) is 0 Å². The summed E-state index contributed by atoms with van der Waals surface area (Å²) in [4.78, 5) is 12.4. The Labute approximate surface area is 222 Å². The van der Waals surface area contributed by atoms with Crippen molar-refractivity contribution in [3.8, 4) is 11.8 Å². The van der Waals surface area contributed by atoms with Crippen molar-refractivity contribution >= 4 is 62.7 Å². The highest BCUT2D eigenvalue weighted by molar-refractivity contribution is 9.10. The van der Waals surface area contributed by atoms with Crippen molar-refractivity contribution in [2.45, 2.75) is 19.4 Å². The van der Waals surface area contributed by atoms with Crippen LogP contribution in [-0.4, -0.2) is 12.5 Å². The molecule has 0 aliphatic rings. The van der Waals surface area contributed by atoms with Gasteiger partial charge >= 0.3 is 0 Å². The molecule has 0 atom stereocenters. The molecule has 3 aromatic rings. The van der Waals surface area contributed by atoms with E-state index < -0.39 is 5.91 Å². The number of nitriles is 1. The number of hydrogen-bond acceptors (Lipinski definition) is 3. The normalized spacial score (nSPS) is 11.1. The van der Waals surface area contributed by atoms with Gasteiger partial charge in [0.15, 0.2) is 5.75 Å². The van der Waals surface area contributed by atoms with Crippen molar-refractivity contribution in [1.29, 1.82) is 5.26 Å². The van der Waals surface area contributed by atoms with Crippen LogP contribution in [0.15, 0.2) is 70.7 Å². The number of aryl methyl sites for hydroxylation is 1. The Morgan fingerprint density at radius 2 is 1.76 bits per heavy atom. The number of carbonyl (C=O) groups is 1. The fourth-order valence-corrected chi connectivity index (χ4v) is 4.44. The third-order valence-corrected chi connectivity index (χ3v) is 6.44. The molecular weight excluding hydrogens is 559 g/mol. The van der Waals surface area contributed by atoms with Crippen LogP contribution in [0.1, 0.15) is 23.1 Å². The zero-order valence-corrected chi connectivity index (χ0v) is 21.8. The number of benzene rings is 3. The average molecular weight is 579 g/mol. The van der Waals surface area contributed by atoms with E-state index in [0.29, 0.717) is 37.4 Å². The molecule has 0 saturated carbocycles. The first-order valence-corrected chi connectivity index (χ1v) is 12.3. The lowest BCUT2D eigenvalue weighted by atomic mass is 10.1. The molecule has 0 saturated heterocycles. The van der Waals surface area contributed by atoms with Crippen molar-refractivity contribution < 1.29 is 9.53 Å². The van der Waals surface area contributed by atoms with Gasteiger partial charge in [0.2, 0.25) is 0 Å². The second-order valence-electron chi connectivity index (χ2n) is 7.37. The van der Waals surface area contributed by atoms with Crippen LogP contribution in [0.3, 0.4) is 0 Å². The summed E-state index contributed by atoms with van der Waals surface area (Å²) in [6.45, 7) is 0.706. The maximum Gasteiger partial charge on any atom is 0.261 e. The molecule has 0 bridgehead atoms. The molecule has 1 N–H and O–H groups in total. The molecule has 1 amide bonds. The zero-order valence-electron chi connectivity index (χ0n) is 18.0. The zero-order chi connectivity index (χ0) is 24.5. The predicted octanol–water partition coefficient (Wildman–Crippen LogP) is 7.64. The van der Waals surface area contributed by atoms with Gasteiger partial charge in [0.1, 0.15) is 18.2 Å². The highest BCUT2D eigenvalue weighted by atomic mass is 79.9. The molecular formula is C26H20BrCl3N2O2. The van der Waals surface area contributed by atoms with E-state index in [1.54, 1.807) is 24.3 Å². The molecule has 34 heavy (non-hydrogen) atoms. The van der Waals surface area contributed by atoms with Crippen LogP contribution in [0.4, 0.5) is 0 Å². The van der Waals surface area contributed by atoms with Crippen molar-refractivity contribution in [3.05, 3.63) is 102 Å². The Morgan fingerprint density at radius 3 is 2.44 bits per heavy atom. The minimum Gasteiger partial charge on any atom is -0.486 e. The molecule has 8 heteroatoms. The van der Waals surface area contributed by atoms with Gasteiger partial charge < -0.3 is 10.1 Å². The topological polar surface area (TPSA) is 62.1 Å². The Kier molecular flexibility index (Phi) is 9.86. The summed E-state index contributed by atoms with van der Waals surface area (Å²) in [6.07, 6.45) is 3.11. The van der Waals surface area contributed by atoms with Gasteiger partial charge in [0.05, 0.1) is 19.5 Å². The van der Waals surface area contributed by atoms with Crippen LogP contribution < -0.4 is 10.1 Å². The van der Waals surface area contributed by atoms with Gasteiger partial charge in [0.25, 0.3) is 5.91 Å². The molecule has 3 aromatic carbocycles. The highest BCUT2D eigenvalue weighted by Gasteiger charge is 2.13. The van der Waals surface area contributed by atoms with Crippen LogP contribution in [-0.2, 0) is 17.8 Å². The molecule has 0 spiro atoms. The number of rotatable bonds is 9. The lowest BCUT2D eigenvalue weighted by Crippen LogP contribution is -2.25. The maximum atomic E-state index is 12.4. The van der Waals surface area contributed by atoms with Gasteiger partial charge in [-0.05, 0) is 75.8 Å². The van der Waals surface area contributed by atoms with E-state index in [1.807, 2.05) is 42.5 Å². The van der Waals surface area contributed by atoms with E-state index in [2.05, 4.69) is 21.2 Å². The van der Waals surface area contributed by atoms with Crippen molar-refractivity contribution in [1.82, 2.24) is 5.32 Å². The summed E-state index contributed by atoms with van der Waals surface area (Å²) in [5, 5.41) is 13.5. The van der Waals surface area contributed by atoms with Crippen LogP contribution in [0.25, 0.3) is 6.08 Å². The minimum absolute atomic E-state index is 0.00727. The van der Waals surface area contributed by atoms with E-state index in [-0.39, 0.29) is 12.2 Å². The monoisotopic (exact) mass is 576 g/mol. The summed E-state index contributed by atoms with van der Waals surface area (Å²) in [5.74, 6) is 0.0107. The molecule has 4 nitrogen and oxygen atoms in total. The van der Waals surface area contributed by atoms with E-state index in [9.17, 15) is 10.1 Å². The number of amides is 1. The number of ether oxygens (including phenoxy) is 1. The summed E-state index contributed by atoms with van der Waals surface area (Å²) < 4.78 is 6.43. The van der Waals surface area contributed by atoms with E-state index in [0.717, 1.165) is 18.4 Å². The molecule has 0 aliphatic carbocycles. The number of halogens is 4. The number of nitrogens with one attached hydrogen (secondary N) is 1. The van der Waals surface area contributed by atoms with E-state index >= 15 is 0 Å². The molecule has 0 radical (unpaired) electrons. The average Bonchev–Trinajstić information content (AvgIpc) is 2.82. The third kappa shape index (κ3) is 7.51. The fourth-order valence-electron chi connectivity index (χ4n) is 3.14. The smallest absolute Gasteiger partial charge is 0.261 e.